The minimum atomic E-state index is -0.445. The molecule has 1 aliphatic heterocycles. The van der Waals surface area contributed by atoms with Gasteiger partial charge in [0, 0.05) is 26.4 Å². The van der Waals surface area contributed by atoms with E-state index in [1.54, 1.807) is 30.1 Å². The van der Waals surface area contributed by atoms with Crippen LogP contribution in [0.3, 0.4) is 0 Å². The molecule has 9 nitrogen and oxygen atoms in total. The van der Waals surface area contributed by atoms with E-state index in [1.165, 1.54) is 0 Å². The van der Waals surface area contributed by atoms with E-state index in [0.29, 0.717) is 31.9 Å². The molecule has 26 heavy (non-hydrogen) atoms. The minimum Gasteiger partial charge on any atom is -0.383 e. The van der Waals surface area contributed by atoms with Crippen LogP contribution < -0.4 is 0 Å². The summed E-state index contributed by atoms with van der Waals surface area (Å²) in [7, 11) is 5.66. The minimum absolute atomic E-state index is 0.0626. The van der Waals surface area contributed by atoms with E-state index in [1.807, 2.05) is 25.1 Å². The first-order chi connectivity index (χ1) is 12.6. The van der Waals surface area contributed by atoms with Gasteiger partial charge in [0.15, 0.2) is 5.82 Å². The average molecular weight is 359 g/mol. The fraction of sp³-hybridized carbons (Fsp3) is 0.588. The van der Waals surface area contributed by atoms with E-state index >= 15 is 0 Å². The predicted molar refractivity (Wildman–Crippen MR) is 94.4 cm³/mol. The first kappa shape index (κ1) is 18.4. The Morgan fingerprint density at radius 1 is 1.38 bits per heavy atom. The molecular weight excluding hydrogens is 334 g/mol. The van der Waals surface area contributed by atoms with Crippen LogP contribution in [0.5, 0.6) is 0 Å². The number of ether oxygens (including phenoxy) is 1. The number of tetrazole rings is 1. The molecular formula is C17H25N7O2. The third kappa shape index (κ3) is 3.45. The monoisotopic (exact) mass is 359 g/mol. The van der Waals surface area contributed by atoms with E-state index in [4.69, 9.17) is 4.74 Å². The molecule has 3 rings (SSSR count). The van der Waals surface area contributed by atoms with Gasteiger partial charge in [-0.1, -0.05) is 6.07 Å². The zero-order chi connectivity index (χ0) is 18.6. The number of aromatic nitrogens is 5. The van der Waals surface area contributed by atoms with Gasteiger partial charge in [-0.05, 0) is 49.5 Å². The van der Waals surface area contributed by atoms with Gasteiger partial charge in [0.2, 0.25) is 0 Å². The number of likely N-dealkylation sites (tertiary alicyclic amines) is 1. The summed E-state index contributed by atoms with van der Waals surface area (Å²) < 4.78 is 6.94. The van der Waals surface area contributed by atoms with Gasteiger partial charge in [0.1, 0.15) is 11.2 Å². The van der Waals surface area contributed by atoms with E-state index < -0.39 is 5.54 Å². The molecule has 1 saturated heterocycles. The Balaban J connectivity index is 1.90. The largest absolute Gasteiger partial charge is 0.383 e. The van der Waals surface area contributed by atoms with Crippen LogP contribution in [0.25, 0.3) is 0 Å². The van der Waals surface area contributed by atoms with Crippen molar-refractivity contribution >= 4 is 5.91 Å². The number of hydrogen-bond acceptors (Lipinski definition) is 7. The van der Waals surface area contributed by atoms with E-state index in [0.717, 1.165) is 18.7 Å². The van der Waals surface area contributed by atoms with Crippen molar-refractivity contribution in [3.05, 3.63) is 35.9 Å². The molecule has 2 aromatic heterocycles. The summed E-state index contributed by atoms with van der Waals surface area (Å²) in [5.41, 5.74) is 0.0148. The number of piperidine rings is 1. The summed E-state index contributed by atoms with van der Waals surface area (Å²) in [5, 5.41) is 12.3. The number of amides is 1. The van der Waals surface area contributed by atoms with Gasteiger partial charge >= 0.3 is 0 Å². The van der Waals surface area contributed by atoms with Gasteiger partial charge < -0.3 is 9.64 Å². The Morgan fingerprint density at radius 2 is 2.23 bits per heavy atom. The second-order valence-corrected chi connectivity index (χ2v) is 6.69. The third-order valence-electron chi connectivity index (χ3n) is 4.95. The SMILES string of the molecule is COCCn1nnnc1[C@]1(N(C)C)CCCN(C(=O)c2ccccn2)C1. The summed E-state index contributed by atoms with van der Waals surface area (Å²) in [4.78, 5) is 21.1. The Bertz CT molecular complexity index is 734. The fourth-order valence-electron chi connectivity index (χ4n) is 3.47. The van der Waals surface area contributed by atoms with E-state index in [-0.39, 0.29) is 5.91 Å². The highest BCUT2D eigenvalue weighted by molar-refractivity contribution is 5.92. The number of carbonyl (C=O) groups is 1. The van der Waals surface area contributed by atoms with Crippen LogP contribution in [-0.2, 0) is 16.8 Å². The number of pyridine rings is 1. The van der Waals surface area contributed by atoms with Crippen LogP contribution >= 0.6 is 0 Å². The molecule has 1 aliphatic rings. The van der Waals surface area contributed by atoms with Crippen LogP contribution in [0, 0.1) is 0 Å². The van der Waals surface area contributed by atoms with Crippen molar-refractivity contribution in [2.75, 3.05) is 40.9 Å². The molecule has 140 valence electrons. The van der Waals surface area contributed by atoms with Gasteiger partial charge in [-0.15, -0.1) is 5.10 Å². The zero-order valence-electron chi connectivity index (χ0n) is 15.5. The smallest absolute Gasteiger partial charge is 0.272 e. The Kier molecular flexibility index (Phi) is 5.58. The zero-order valence-corrected chi connectivity index (χ0v) is 15.5. The Labute approximate surface area is 152 Å². The molecule has 1 atom stereocenters. The van der Waals surface area contributed by atoms with E-state index in [9.17, 15) is 4.79 Å². The summed E-state index contributed by atoms with van der Waals surface area (Å²) >= 11 is 0. The van der Waals surface area contributed by atoms with Crippen molar-refractivity contribution in [1.29, 1.82) is 0 Å². The molecule has 9 heteroatoms. The molecule has 0 N–H and O–H groups in total. The van der Waals surface area contributed by atoms with Crippen molar-refractivity contribution in [1.82, 2.24) is 35.0 Å². The summed E-state index contributed by atoms with van der Waals surface area (Å²) in [5.74, 6) is 0.700. The molecule has 0 saturated carbocycles. The number of nitrogens with zero attached hydrogens (tertiary/aromatic N) is 7. The number of methoxy groups -OCH3 is 1. The maximum Gasteiger partial charge on any atom is 0.272 e. The van der Waals surface area contributed by atoms with Crippen molar-refractivity contribution in [2.45, 2.75) is 24.9 Å². The summed E-state index contributed by atoms with van der Waals surface area (Å²) in [6.07, 6.45) is 3.38. The molecule has 3 heterocycles. The molecule has 0 bridgehead atoms. The van der Waals surface area contributed by atoms with Crippen molar-refractivity contribution in [3.8, 4) is 0 Å². The topological polar surface area (TPSA) is 89.3 Å². The summed E-state index contributed by atoms with van der Waals surface area (Å²) in [6.45, 7) is 2.31. The number of rotatable bonds is 6. The number of carbonyl (C=O) groups excluding carboxylic acids is 1. The highest BCUT2D eigenvalue weighted by atomic mass is 16.5. The lowest BCUT2D eigenvalue weighted by molar-refractivity contribution is 0.0247. The van der Waals surface area contributed by atoms with Crippen molar-refractivity contribution in [3.63, 3.8) is 0 Å². The van der Waals surface area contributed by atoms with Crippen LogP contribution in [0.2, 0.25) is 0 Å². The third-order valence-corrected chi connectivity index (χ3v) is 4.95. The fourth-order valence-corrected chi connectivity index (χ4v) is 3.47. The first-order valence-corrected chi connectivity index (χ1v) is 8.72. The molecule has 0 unspecified atom stereocenters. The lowest BCUT2D eigenvalue weighted by atomic mass is 9.86. The first-order valence-electron chi connectivity index (χ1n) is 8.72. The van der Waals surface area contributed by atoms with Gasteiger partial charge in [-0.3, -0.25) is 14.7 Å². The van der Waals surface area contributed by atoms with Gasteiger partial charge in [-0.25, -0.2) is 4.68 Å². The molecule has 1 amide bonds. The molecule has 0 spiro atoms. The maximum absolute atomic E-state index is 12.9. The second kappa shape index (κ2) is 7.88. The Hall–Kier alpha value is -2.39. The van der Waals surface area contributed by atoms with Crippen LogP contribution in [0.4, 0.5) is 0 Å². The quantitative estimate of drug-likeness (QED) is 0.738. The molecule has 2 aromatic rings. The highest BCUT2D eigenvalue weighted by Crippen LogP contribution is 2.35. The number of likely N-dealkylation sites (N-methyl/N-ethyl adjacent to an activating group) is 1. The summed E-state index contributed by atoms with van der Waals surface area (Å²) in [6, 6.07) is 5.38. The maximum atomic E-state index is 12.9. The van der Waals surface area contributed by atoms with E-state index in [2.05, 4.69) is 25.4 Å². The number of hydrogen-bond donors (Lipinski definition) is 0. The van der Waals surface area contributed by atoms with Crippen LogP contribution in [-0.4, -0.2) is 81.8 Å². The Morgan fingerprint density at radius 3 is 2.92 bits per heavy atom. The lowest BCUT2D eigenvalue weighted by Crippen LogP contribution is -2.56. The van der Waals surface area contributed by atoms with Gasteiger partial charge in [0.05, 0.1) is 13.2 Å². The highest BCUT2D eigenvalue weighted by Gasteiger charge is 2.45. The second-order valence-electron chi connectivity index (χ2n) is 6.69. The van der Waals surface area contributed by atoms with Crippen LogP contribution in [0.15, 0.2) is 24.4 Å². The lowest BCUT2D eigenvalue weighted by Gasteiger charge is -2.45. The standard InChI is InChI=1S/C17H25N7O2/c1-22(2)17(16-19-20-21-24(16)11-12-26-3)8-6-10-23(13-17)15(25)14-7-4-5-9-18-14/h4-5,7,9H,6,8,10-13H2,1-3H3/t17-/m0/s1. The predicted octanol–water partition coefficient (Wildman–Crippen LogP) is 0.408. The van der Waals surface area contributed by atoms with Gasteiger partial charge in [-0.2, -0.15) is 0 Å². The normalized spacial score (nSPS) is 20.5. The van der Waals surface area contributed by atoms with Crippen molar-refractivity contribution < 1.29 is 9.53 Å². The molecule has 0 radical (unpaired) electrons. The molecule has 0 aromatic carbocycles. The molecule has 0 aliphatic carbocycles. The average Bonchev–Trinajstić information content (AvgIpc) is 3.15. The molecule has 1 fully saturated rings. The van der Waals surface area contributed by atoms with Crippen molar-refractivity contribution in [2.24, 2.45) is 0 Å². The van der Waals surface area contributed by atoms with Crippen LogP contribution in [0.1, 0.15) is 29.2 Å². The van der Waals surface area contributed by atoms with Gasteiger partial charge in [0.25, 0.3) is 5.91 Å².